The van der Waals surface area contributed by atoms with Crippen LogP contribution in [0.15, 0.2) is 0 Å². The molecule has 0 radical (unpaired) electrons. The van der Waals surface area contributed by atoms with E-state index in [9.17, 15) is 4.79 Å². The van der Waals surface area contributed by atoms with E-state index in [1.807, 2.05) is 6.92 Å². The first-order valence-corrected chi connectivity index (χ1v) is 5.24. The van der Waals surface area contributed by atoms with Gasteiger partial charge in [-0.1, -0.05) is 19.8 Å². The largest absolute Gasteiger partial charge is 0.465 e. The molecule has 1 unspecified atom stereocenters. The van der Waals surface area contributed by atoms with Crippen LogP contribution in [0.2, 0.25) is 0 Å². The molecule has 1 N–H and O–H groups in total. The minimum atomic E-state index is -0.0660. The summed E-state index contributed by atoms with van der Waals surface area (Å²) in [5.41, 5.74) is 0. The third-order valence-corrected chi connectivity index (χ3v) is 2.29. The first-order chi connectivity index (χ1) is 6.34. The predicted octanol–water partition coefficient (Wildman–Crippen LogP) is 1.47. The van der Waals surface area contributed by atoms with Gasteiger partial charge in [0.2, 0.25) is 0 Å². The molecule has 1 aliphatic heterocycles. The van der Waals surface area contributed by atoms with Crippen LogP contribution in [0, 0.1) is 0 Å². The van der Waals surface area contributed by atoms with Gasteiger partial charge in [-0.2, -0.15) is 0 Å². The molecule has 3 heteroatoms. The van der Waals surface area contributed by atoms with Crippen LogP contribution in [0.3, 0.4) is 0 Å². The van der Waals surface area contributed by atoms with Crippen molar-refractivity contribution in [3.8, 4) is 0 Å². The average molecular weight is 185 g/mol. The zero-order valence-corrected chi connectivity index (χ0v) is 8.34. The minimum Gasteiger partial charge on any atom is -0.465 e. The number of hydrogen-bond acceptors (Lipinski definition) is 3. The molecule has 0 saturated carbocycles. The molecule has 0 aromatic carbocycles. The van der Waals surface area contributed by atoms with Crippen LogP contribution in [0.4, 0.5) is 0 Å². The lowest BCUT2D eigenvalue weighted by Crippen LogP contribution is -2.37. The maximum atomic E-state index is 11.4. The van der Waals surface area contributed by atoms with E-state index in [1.165, 1.54) is 12.8 Å². The molecule has 1 heterocycles. The van der Waals surface area contributed by atoms with Crippen molar-refractivity contribution in [3.63, 3.8) is 0 Å². The van der Waals surface area contributed by atoms with Crippen molar-refractivity contribution in [1.82, 2.24) is 5.32 Å². The molecule has 76 valence electrons. The van der Waals surface area contributed by atoms with E-state index < -0.39 is 0 Å². The fourth-order valence-electron chi connectivity index (χ4n) is 1.53. The van der Waals surface area contributed by atoms with Gasteiger partial charge in [0.05, 0.1) is 6.61 Å². The second-order valence-electron chi connectivity index (χ2n) is 3.52. The van der Waals surface area contributed by atoms with Gasteiger partial charge in [0.25, 0.3) is 0 Å². The number of esters is 1. The highest BCUT2D eigenvalue weighted by Gasteiger charge is 2.20. The lowest BCUT2D eigenvalue weighted by molar-refractivity contribution is -0.146. The van der Waals surface area contributed by atoms with Crippen LogP contribution >= 0.6 is 0 Å². The molecule has 1 fully saturated rings. The van der Waals surface area contributed by atoms with Crippen LogP contribution in [0.25, 0.3) is 0 Å². The Hall–Kier alpha value is -0.570. The molecular weight excluding hydrogens is 166 g/mol. The topological polar surface area (TPSA) is 38.3 Å². The van der Waals surface area contributed by atoms with Gasteiger partial charge in [-0.05, 0) is 25.8 Å². The molecule has 0 aromatic heterocycles. The predicted molar refractivity (Wildman–Crippen MR) is 51.5 cm³/mol. The molecule has 1 aliphatic rings. The highest BCUT2D eigenvalue weighted by molar-refractivity contribution is 5.75. The Labute approximate surface area is 79.8 Å². The average Bonchev–Trinajstić information content (AvgIpc) is 2.42. The van der Waals surface area contributed by atoms with Crippen LogP contribution in [0.5, 0.6) is 0 Å². The molecule has 0 spiro atoms. The summed E-state index contributed by atoms with van der Waals surface area (Å²) in [5, 5.41) is 3.22. The lowest BCUT2D eigenvalue weighted by Gasteiger charge is -2.13. The van der Waals surface area contributed by atoms with Gasteiger partial charge in [0, 0.05) is 0 Å². The molecule has 0 bridgehead atoms. The summed E-state index contributed by atoms with van der Waals surface area (Å²) in [7, 11) is 0. The van der Waals surface area contributed by atoms with Crippen molar-refractivity contribution in [2.45, 2.75) is 45.1 Å². The first kappa shape index (κ1) is 10.5. The Morgan fingerprint density at radius 2 is 2.31 bits per heavy atom. The van der Waals surface area contributed by atoms with Gasteiger partial charge in [0.1, 0.15) is 6.04 Å². The molecule has 1 saturated heterocycles. The SMILES string of the molecule is CCCOC(=O)C1CCCCCN1. The minimum absolute atomic E-state index is 0.0472. The molecule has 0 amide bonds. The van der Waals surface area contributed by atoms with Crippen LogP contribution in [0.1, 0.15) is 39.0 Å². The fraction of sp³-hybridized carbons (Fsp3) is 0.900. The van der Waals surface area contributed by atoms with E-state index in [4.69, 9.17) is 4.74 Å². The Bertz CT molecular complexity index is 151. The number of nitrogens with one attached hydrogen (secondary N) is 1. The number of ether oxygens (including phenoxy) is 1. The lowest BCUT2D eigenvalue weighted by atomic mass is 10.1. The van der Waals surface area contributed by atoms with Crippen molar-refractivity contribution in [2.75, 3.05) is 13.2 Å². The normalized spacial score (nSPS) is 23.6. The second kappa shape index (κ2) is 5.97. The molecule has 1 rings (SSSR count). The Morgan fingerprint density at radius 1 is 1.46 bits per heavy atom. The smallest absolute Gasteiger partial charge is 0.323 e. The van der Waals surface area contributed by atoms with Crippen molar-refractivity contribution >= 4 is 5.97 Å². The van der Waals surface area contributed by atoms with E-state index in [0.29, 0.717) is 6.61 Å². The summed E-state index contributed by atoms with van der Waals surface area (Å²) in [6.45, 7) is 3.51. The fourth-order valence-corrected chi connectivity index (χ4v) is 1.53. The standard InChI is InChI=1S/C10H19NO2/c1-2-8-13-10(12)9-6-4-3-5-7-11-9/h9,11H,2-8H2,1H3. The van der Waals surface area contributed by atoms with Gasteiger partial charge in [0.15, 0.2) is 0 Å². The van der Waals surface area contributed by atoms with E-state index in [0.717, 1.165) is 25.8 Å². The first-order valence-electron chi connectivity index (χ1n) is 5.24. The van der Waals surface area contributed by atoms with E-state index >= 15 is 0 Å². The van der Waals surface area contributed by atoms with Gasteiger partial charge in [-0.3, -0.25) is 4.79 Å². The molecular formula is C10H19NO2. The monoisotopic (exact) mass is 185 g/mol. The summed E-state index contributed by atoms with van der Waals surface area (Å²) >= 11 is 0. The van der Waals surface area contributed by atoms with Crippen LogP contribution < -0.4 is 5.32 Å². The quantitative estimate of drug-likeness (QED) is 0.677. The second-order valence-corrected chi connectivity index (χ2v) is 3.52. The number of rotatable bonds is 3. The number of carbonyl (C=O) groups excluding carboxylic acids is 1. The molecule has 3 nitrogen and oxygen atoms in total. The highest BCUT2D eigenvalue weighted by Crippen LogP contribution is 2.09. The van der Waals surface area contributed by atoms with Gasteiger partial charge >= 0.3 is 5.97 Å². The summed E-state index contributed by atoms with van der Waals surface area (Å²) < 4.78 is 5.08. The Kier molecular flexibility index (Phi) is 4.83. The summed E-state index contributed by atoms with van der Waals surface area (Å²) in [6.07, 6.45) is 5.38. The molecule has 0 aliphatic carbocycles. The van der Waals surface area contributed by atoms with E-state index in [-0.39, 0.29) is 12.0 Å². The molecule has 0 aromatic rings. The maximum absolute atomic E-state index is 11.4. The van der Waals surface area contributed by atoms with Crippen molar-refractivity contribution < 1.29 is 9.53 Å². The molecule has 13 heavy (non-hydrogen) atoms. The van der Waals surface area contributed by atoms with Gasteiger partial charge in [-0.25, -0.2) is 0 Å². The van der Waals surface area contributed by atoms with Gasteiger partial charge in [-0.15, -0.1) is 0 Å². The van der Waals surface area contributed by atoms with E-state index in [2.05, 4.69) is 5.32 Å². The zero-order chi connectivity index (χ0) is 9.52. The summed E-state index contributed by atoms with van der Waals surface area (Å²) in [6, 6.07) is -0.0472. The third kappa shape index (κ3) is 3.77. The van der Waals surface area contributed by atoms with Crippen LogP contribution in [-0.4, -0.2) is 25.2 Å². The third-order valence-electron chi connectivity index (χ3n) is 2.29. The summed E-state index contributed by atoms with van der Waals surface area (Å²) in [5.74, 6) is -0.0660. The van der Waals surface area contributed by atoms with Gasteiger partial charge < -0.3 is 10.1 Å². The number of carbonyl (C=O) groups is 1. The Morgan fingerprint density at radius 3 is 3.08 bits per heavy atom. The van der Waals surface area contributed by atoms with Crippen molar-refractivity contribution in [1.29, 1.82) is 0 Å². The zero-order valence-electron chi connectivity index (χ0n) is 8.34. The number of hydrogen-bond donors (Lipinski definition) is 1. The maximum Gasteiger partial charge on any atom is 0.323 e. The van der Waals surface area contributed by atoms with Crippen LogP contribution in [-0.2, 0) is 9.53 Å². The summed E-state index contributed by atoms with van der Waals surface area (Å²) in [4.78, 5) is 11.4. The molecule has 1 atom stereocenters. The van der Waals surface area contributed by atoms with Crippen molar-refractivity contribution in [3.05, 3.63) is 0 Å². The highest BCUT2D eigenvalue weighted by atomic mass is 16.5. The van der Waals surface area contributed by atoms with Crippen molar-refractivity contribution in [2.24, 2.45) is 0 Å². The Balaban J connectivity index is 2.26. The van der Waals surface area contributed by atoms with E-state index in [1.54, 1.807) is 0 Å².